The molecule has 0 unspecified atom stereocenters. The van der Waals surface area contributed by atoms with Gasteiger partial charge in [-0.15, -0.1) is 0 Å². The van der Waals surface area contributed by atoms with Crippen molar-refractivity contribution >= 4 is 10.3 Å². The maximum Gasteiger partial charge on any atom is 0.336 e. The van der Waals surface area contributed by atoms with Crippen LogP contribution < -0.4 is 4.72 Å². The molecule has 2 fully saturated rings. The molecule has 0 aromatic heterocycles. The number of fused-ring (bicyclic) bond motifs is 1. The SMILES string of the molecule is O=S1(=O)N[C@H]2CCCC[C@H]2O1. The Balaban J connectivity index is 2.15. The third-order valence-electron chi connectivity index (χ3n) is 2.25. The minimum atomic E-state index is -3.38. The molecule has 2 atom stereocenters. The van der Waals surface area contributed by atoms with Crippen LogP contribution >= 0.6 is 0 Å². The van der Waals surface area contributed by atoms with Crippen LogP contribution in [-0.4, -0.2) is 20.6 Å². The molecule has 2 rings (SSSR count). The predicted octanol–water partition coefficient (Wildman–Crippen LogP) is 0.162. The molecule has 1 aliphatic carbocycles. The summed E-state index contributed by atoms with van der Waals surface area (Å²) in [6.07, 6.45) is 3.89. The first-order valence-electron chi connectivity index (χ1n) is 3.88. The zero-order valence-corrected chi connectivity index (χ0v) is 6.93. The van der Waals surface area contributed by atoms with E-state index in [1.165, 1.54) is 0 Å². The molecule has 0 spiro atoms. The van der Waals surface area contributed by atoms with E-state index in [-0.39, 0.29) is 12.1 Å². The van der Waals surface area contributed by atoms with E-state index in [0.717, 1.165) is 25.7 Å². The Kier molecular flexibility index (Phi) is 1.66. The van der Waals surface area contributed by atoms with Gasteiger partial charge >= 0.3 is 10.3 Å². The van der Waals surface area contributed by atoms with E-state index in [1.54, 1.807) is 0 Å². The molecule has 0 bridgehead atoms. The van der Waals surface area contributed by atoms with Crippen LogP contribution in [0.2, 0.25) is 0 Å². The van der Waals surface area contributed by atoms with Crippen LogP contribution in [0.15, 0.2) is 0 Å². The highest BCUT2D eigenvalue weighted by Gasteiger charge is 2.38. The molecular weight excluding hydrogens is 166 g/mol. The Hall–Kier alpha value is -0.130. The zero-order valence-electron chi connectivity index (χ0n) is 6.12. The fraction of sp³-hybridized carbons (Fsp3) is 1.00. The summed E-state index contributed by atoms with van der Waals surface area (Å²) in [5.74, 6) is 0. The van der Waals surface area contributed by atoms with Gasteiger partial charge in [-0.25, -0.2) is 0 Å². The summed E-state index contributed by atoms with van der Waals surface area (Å²) in [6.45, 7) is 0. The summed E-state index contributed by atoms with van der Waals surface area (Å²) in [5.41, 5.74) is 0. The van der Waals surface area contributed by atoms with Gasteiger partial charge in [-0.3, -0.25) is 4.18 Å². The number of nitrogens with one attached hydrogen (secondary N) is 1. The minimum Gasteiger partial charge on any atom is -0.253 e. The number of hydrogen-bond acceptors (Lipinski definition) is 3. The monoisotopic (exact) mass is 177 g/mol. The summed E-state index contributed by atoms with van der Waals surface area (Å²) in [7, 11) is -3.38. The summed E-state index contributed by atoms with van der Waals surface area (Å²) in [4.78, 5) is 0. The summed E-state index contributed by atoms with van der Waals surface area (Å²) in [6, 6.07) is 0.0498. The molecule has 4 nitrogen and oxygen atoms in total. The van der Waals surface area contributed by atoms with Crippen LogP contribution in [0.25, 0.3) is 0 Å². The van der Waals surface area contributed by atoms with Crippen molar-refractivity contribution in [3.05, 3.63) is 0 Å². The van der Waals surface area contributed by atoms with Crippen molar-refractivity contribution in [3.63, 3.8) is 0 Å². The van der Waals surface area contributed by atoms with Gasteiger partial charge in [0.1, 0.15) is 0 Å². The lowest BCUT2D eigenvalue weighted by atomic mass is 9.94. The van der Waals surface area contributed by atoms with Crippen molar-refractivity contribution in [1.82, 2.24) is 4.72 Å². The predicted molar refractivity (Wildman–Crippen MR) is 39.2 cm³/mol. The average molecular weight is 177 g/mol. The van der Waals surface area contributed by atoms with E-state index in [0.29, 0.717) is 0 Å². The van der Waals surface area contributed by atoms with Gasteiger partial charge < -0.3 is 0 Å². The molecule has 64 valence electrons. The van der Waals surface area contributed by atoms with Crippen LogP contribution in [0.3, 0.4) is 0 Å². The van der Waals surface area contributed by atoms with E-state index >= 15 is 0 Å². The summed E-state index contributed by atoms with van der Waals surface area (Å²) < 4.78 is 29.0. The van der Waals surface area contributed by atoms with E-state index in [2.05, 4.69) is 4.72 Å². The van der Waals surface area contributed by atoms with Gasteiger partial charge in [0.25, 0.3) is 0 Å². The van der Waals surface area contributed by atoms with Gasteiger partial charge in [-0.1, -0.05) is 12.8 Å². The fourth-order valence-corrected chi connectivity index (χ4v) is 2.97. The van der Waals surface area contributed by atoms with Crippen LogP contribution in [0.1, 0.15) is 25.7 Å². The van der Waals surface area contributed by atoms with E-state index in [9.17, 15) is 8.42 Å². The maximum atomic E-state index is 10.9. The Morgan fingerprint density at radius 3 is 2.73 bits per heavy atom. The smallest absolute Gasteiger partial charge is 0.253 e. The van der Waals surface area contributed by atoms with Crippen LogP contribution in [0.4, 0.5) is 0 Å². The highest BCUT2D eigenvalue weighted by atomic mass is 32.2. The van der Waals surface area contributed by atoms with Crippen LogP contribution in [0.5, 0.6) is 0 Å². The first-order valence-corrected chi connectivity index (χ1v) is 5.29. The van der Waals surface area contributed by atoms with E-state index in [4.69, 9.17) is 4.18 Å². The standard InChI is InChI=1S/C6H11NO3S/c8-11(9)7-5-3-1-2-4-6(5)10-11/h5-7H,1-4H2/t5-,6+/m0/s1. The second kappa shape index (κ2) is 2.43. The first-order chi connectivity index (χ1) is 5.17. The van der Waals surface area contributed by atoms with Gasteiger partial charge in [0.2, 0.25) is 0 Å². The fourth-order valence-electron chi connectivity index (χ4n) is 1.72. The second-order valence-corrected chi connectivity index (χ2v) is 4.43. The highest BCUT2D eigenvalue weighted by molar-refractivity contribution is 7.85. The lowest BCUT2D eigenvalue weighted by Crippen LogP contribution is -2.33. The average Bonchev–Trinajstić information content (AvgIpc) is 2.21. The zero-order chi connectivity index (χ0) is 7.90. The molecule has 1 N–H and O–H groups in total. The molecule has 1 heterocycles. The molecule has 5 heteroatoms. The minimum absolute atomic E-state index is 0.0498. The number of rotatable bonds is 0. The molecular formula is C6H11NO3S. The Morgan fingerprint density at radius 2 is 2.00 bits per heavy atom. The molecule has 1 saturated carbocycles. The Labute approximate surface area is 66.2 Å². The quantitative estimate of drug-likeness (QED) is 0.573. The Bertz CT molecular complexity index is 229. The van der Waals surface area contributed by atoms with Crippen molar-refractivity contribution in [2.24, 2.45) is 0 Å². The topological polar surface area (TPSA) is 55.4 Å². The van der Waals surface area contributed by atoms with Gasteiger partial charge in [0, 0.05) is 0 Å². The molecule has 1 aliphatic heterocycles. The first kappa shape index (κ1) is 7.52. The number of hydrogen-bond donors (Lipinski definition) is 1. The van der Waals surface area contributed by atoms with Crippen molar-refractivity contribution in [3.8, 4) is 0 Å². The third kappa shape index (κ3) is 1.40. The highest BCUT2D eigenvalue weighted by Crippen LogP contribution is 2.27. The van der Waals surface area contributed by atoms with Crippen LogP contribution in [-0.2, 0) is 14.5 Å². The van der Waals surface area contributed by atoms with Crippen molar-refractivity contribution in [2.45, 2.75) is 37.8 Å². The van der Waals surface area contributed by atoms with E-state index in [1.807, 2.05) is 0 Å². The maximum absolute atomic E-state index is 10.9. The normalized spacial score (nSPS) is 41.8. The molecule has 2 aliphatic rings. The molecule has 0 aromatic carbocycles. The molecule has 11 heavy (non-hydrogen) atoms. The molecule has 0 amide bonds. The lowest BCUT2D eigenvalue weighted by Gasteiger charge is -2.20. The van der Waals surface area contributed by atoms with Gasteiger partial charge in [-0.05, 0) is 12.8 Å². The van der Waals surface area contributed by atoms with Crippen molar-refractivity contribution in [2.75, 3.05) is 0 Å². The second-order valence-electron chi connectivity index (χ2n) is 3.10. The van der Waals surface area contributed by atoms with E-state index < -0.39 is 10.3 Å². The van der Waals surface area contributed by atoms with Gasteiger partial charge in [-0.2, -0.15) is 13.1 Å². The van der Waals surface area contributed by atoms with Crippen LogP contribution in [0, 0.1) is 0 Å². The summed E-state index contributed by atoms with van der Waals surface area (Å²) in [5, 5.41) is 0. The van der Waals surface area contributed by atoms with Crippen molar-refractivity contribution in [1.29, 1.82) is 0 Å². The van der Waals surface area contributed by atoms with Gasteiger partial charge in [0.15, 0.2) is 0 Å². The molecule has 0 aromatic rings. The summed E-state index contributed by atoms with van der Waals surface area (Å²) >= 11 is 0. The largest absolute Gasteiger partial charge is 0.336 e. The lowest BCUT2D eigenvalue weighted by molar-refractivity contribution is 0.171. The molecule has 1 saturated heterocycles. The Morgan fingerprint density at radius 1 is 1.27 bits per heavy atom. The molecule has 0 radical (unpaired) electrons. The van der Waals surface area contributed by atoms with Crippen molar-refractivity contribution < 1.29 is 12.6 Å². The van der Waals surface area contributed by atoms with Gasteiger partial charge in [0.05, 0.1) is 12.1 Å². The third-order valence-corrected chi connectivity index (χ3v) is 3.34.